The van der Waals surface area contributed by atoms with Gasteiger partial charge >= 0.3 is 0 Å². The van der Waals surface area contributed by atoms with Crippen LogP contribution in [-0.2, 0) is 0 Å². The molecule has 3 heteroatoms. The molecule has 0 fully saturated rings. The number of aromatic nitrogens is 1. The summed E-state index contributed by atoms with van der Waals surface area (Å²) < 4.78 is 5.22. The predicted octanol–water partition coefficient (Wildman–Crippen LogP) is 3.49. The summed E-state index contributed by atoms with van der Waals surface area (Å²) in [6.45, 7) is 5.23. The second-order valence-electron chi connectivity index (χ2n) is 4.92. The average Bonchev–Trinajstić information content (AvgIpc) is 2.48. The Morgan fingerprint density at radius 1 is 1.20 bits per heavy atom. The van der Waals surface area contributed by atoms with Gasteiger partial charge in [0.15, 0.2) is 0 Å². The van der Waals surface area contributed by atoms with Gasteiger partial charge in [0.25, 0.3) is 0 Å². The van der Waals surface area contributed by atoms with Crippen LogP contribution in [0.3, 0.4) is 0 Å². The summed E-state index contributed by atoms with van der Waals surface area (Å²) in [5.41, 5.74) is 3.49. The molecule has 106 valence electrons. The zero-order valence-electron chi connectivity index (χ0n) is 12.4. The van der Waals surface area contributed by atoms with E-state index < -0.39 is 0 Å². The molecule has 1 aromatic carbocycles. The highest BCUT2D eigenvalue weighted by molar-refractivity contribution is 5.34. The molecule has 20 heavy (non-hydrogen) atoms. The van der Waals surface area contributed by atoms with Gasteiger partial charge in [-0.25, -0.2) is 0 Å². The molecule has 0 amide bonds. The molecule has 0 spiro atoms. The lowest BCUT2D eigenvalue weighted by Gasteiger charge is -2.19. The summed E-state index contributed by atoms with van der Waals surface area (Å²) in [5, 5.41) is 3.56. The van der Waals surface area contributed by atoms with Gasteiger partial charge in [-0.05, 0) is 55.3 Å². The molecule has 0 saturated heterocycles. The number of nitrogens with zero attached hydrogens (tertiary/aromatic N) is 1. The van der Waals surface area contributed by atoms with E-state index in [1.165, 1.54) is 11.1 Å². The zero-order chi connectivity index (χ0) is 14.4. The van der Waals surface area contributed by atoms with Gasteiger partial charge in [-0.1, -0.05) is 19.1 Å². The van der Waals surface area contributed by atoms with Gasteiger partial charge in [-0.3, -0.25) is 4.98 Å². The second kappa shape index (κ2) is 7.06. The summed E-state index contributed by atoms with van der Waals surface area (Å²) in [6.07, 6.45) is 2.97. The first-order chi connectivity index (χ1) is 9.74. The monoisotopic (exact) mass is 270 g/mol. The zero-order valence-corrected chi connectivity index (χ0v) is 12.4. The minimum absolute atomic E-state index is 0.126. The lowest BCUT2D eigenvalue weighted by Crippen LogP contribution is -2.24. The first-order valence-corrected chi connectivity index (χ1v) is 7.04. The van der Waals surface area contributed by atoms with Crippen LogP contribution in [0.4, 0.5) is 0 Å². The quantitative estimate of drug-likeness (QED) is 0.872. The van der Waals surface area contributed by atoms with Crippen LogP contribution in [0.25, 0.3) is 0 Å². The number of methoxy groups -OCH3 is 1. The van der Waals surface area contributed by atoms with Gasteiger partial charge in [-0.2, -0.15) is 0 Å². The van der Waals surface area contributed by atoms with Gasteiger partial charge in [0.1, 0.15) is 5.75 Å². The highest BCUT2D eigenvalue weighted by Gasteiger charge is 2.14. The molecule has 0 bridgehead atoms. The minimum atomic E-state index is 0.126. The van der Waals surface area contributed by atoms with E-state index in [4.69, 9.17) is 4.74 Å². The third-order valence-corrected chi connectivity index (χ3v) is 3.28. The van der Waals surface area contributed by atoms with Crippen molar-refractivity contribution in [3.63, 3.8) is 0 Å². The Morgan fingerprint density at radius 3 is 2.55 bits per heavy atom. The largest absolute Gasteiger partial charge is 0.497 e. The van der Waals surface area contributed by atoms with Crippen LogP contribution in [0.2, 0.25) is 0 Å². The van der Waals surface area contributed by atoms with E-state index in [2.05, 4.69) is 42.3 Å². The van der Waals surface area contributed by atoms with Crippen molar-refractivity contribution in [1.29, 1.82) is 0 Å². The van der Waals surface area contributed by atoms with Crippen LogP contribution >= 0.6 is 0 Å². The number of rotatable bonds is 6. The van der Waals surface area contributed by atoms with Crippen molar-refractivity contribution in [2.24, 2.45) is 0 Å². The summed E-state index contributed by atoms with van der Waals surface area (Å²) in [7, 11) is 1.68. The summed E-state index contributed by atoms with van der Waals surface area (Å²) in [5.74, 6) is 0.875. The van der Waals surface area contributed by atoms with E-state index >= 15 is 0 Å². The van der Waals surface area contributed by atoms with E-state index in [0.29, 0.717) is 0 Å². The lowest BCUT2D eigenvalue weighted by atomic mass is 10.0. The highest BCUT2D eigenvalue weighted by atomic mass is 16.5. The van der Waals surface area contributed by atoms with Crippen LogP contribution in [0.1, 0.15) is 36.2 Å². The number of ether oxygens (including phenoxy) is 1. The summed E-state index contributed by atoms with van der Waals surface area (Å²) in [4.78, 5) is 4.52. The van der Waals surface area contributed by atoms with Crippen molar-refractivity contribution < 1.29 is 4.74 Å². The summed E-state index contributed by atoms with van der Waals surface area (Å²) in [6, 6.07) is 12.5. The van der Waals surface area contributed by atoms with E-state index in [0.717, 1.165) is 24.4 Å². The molecule has 2 aromatic rings. The van der Waals surface area contributed by atoms with Crippen molar-refractivity contribution in [2.75, 3.05) is 13.7 Å². The Balaban J connectivity index is 2.30. The molecule has 0 aliphatic carbocycles. The fraction of sp³-hybridized carbons (Fsp3) is 0.353. The maximum atomic E-state index is 5.22. The lowest BCUT2D eigenvalue weighted by molar-refractivity contribution is 0.414. The predicted molar refractivity (Wildman–Crippen MR) is 82.1 cm³/mol. The first-order valence-electron chi connectivity index (χ1n) is 7.04. The summed E-state index contributed by atoms with van der Waals surface area (Å²) >= 11 is 0. The number of pyridine rings is 1. The number of nitrogens with one attached hydrogen (secondary N) is 1. The van der Waals surface area contributed by atoms with Crippen molar-refractivity contribution in [1.82, 2.24) is 10.3 Å². The standard InChI is InChI=1S/C17H22N2O/c1-4-10-19-17(16-12-13(2)9-11-18-16)14-5-7-15(20-3)8-6-14/h5-9,11-12,17,19H,4,10H2,1-3H3. The van der Waals surface area contributed by atoms with Crippen LogP contribution in [-0.4, -0.2) is 18.6 Å². The number of aryl methyl sites for hydroxylation is 1. The van der Waals surface area contributed by atoms with Crippen molar-refractivity contribution in [3.8, 4) is 5.75 Å². The van der Waals surface area contributed by atoms with E-state index in [9.17, 15) is 0 Å². The van der Waals surface area contributed by atoms with Crippen molar-refractivity contribution in [3.05, 3.63) is 59.4 Å². The van der Waals surface area contributed by atoms with Crippen LogP contribution in [0.5, 0.6) is 5.75 Å². The molecule has 2 rings (SSSR count). The molecule has 1 atom stereocenters. The third kappa shape index (κ3) is 3.58. The Hall–Kier alpha value is -1.87. The van der Waals surface area contributed by atoms with Gasteiger partial charge in [0, 0.05) is 6.20 Å². The van der Waals surface area contributed by atoms with E-state index in [1.807, 2.05) is 24.4 Å². The maximum Gasteiger partial charge on any atom is 0.118 e. The van der Waals surface area contributed by atoms with Crippen LogP contribution in [0, 0.1) is 6.92 Å². The first kappa shape index (κ1) is 14.5. The molecule has 3 nitrogen and oxygen atoms in total. The second-order valence-corrected chi connectivity index (χ2v) is 4.92. The van der Waals surface area contributed by atoms with Crippen LogP contribution in [0.15, 0.2) is 42.6 Å². The molecule has 0 aliphatic heterocycles. The normalized spacial score (nSPS) is 12.2. The number of hydrogen-bond acceptors (Lipinski definition) is 3. The van der Waals surface area contributed by atoms with Crippen molar-refractivity contribution >= 4 is 0 Å². The SMILES string of the molecule is CCCNC(c1ccc(OC)cc1)c1cc(C)ccn1. The van der Waals surface area contributed by atoms with Gasteiger partial charge < -0.3 is 10.1 Å². The van der Waals surface area contributed by atoms with Gasteiger partial charge in [-0.15, -0.1) is 0 Å². The Kier molecular flexibility index (Phi) is 5.13. The Bertz CT molecular complexity index is 537. The topological polar surface area (TPSA) is 34.1 Å². The fourth-order valence-corrected chi connectivity index (χ4v) is 2.20. The number of benzene rings is 1. The van der Waals surface area contributed by atoms with E-state index in [-0.39, 0.29) is 6.04 Å². The molecule has 0 aliphatic rings. The van der Waals surface area contributed by atoms with Crippen LogP contribution < -0.4 is 10.1 Å². The molecular formula is C17H22N2O. The molecule has 0 saturated carbocycles. The smallest absolute Gasteiger partial charge is 0.118 e. The molecule has 1 N–H and O–H groups in total. The third-order valence-electron chi connectivity index (χ3n) is 3.28. The highest BCUT2D eigenvalue weighted by Crippen LogP contribution is 2.23. The molecule has 1 heterocycles. The molecule has 1 unspecified atom stereocenters. The van der Waals surface area contributed by atoms with Gasteiger partial charge in [0.2, 0.25) is 0 Å². The minimum Gasteiger partial charge on any atom is -0.497 e. The van der Waals surface area contributed by atoms with Gasteiger partial charge in [0.05, 0.1) is 18.8 Å². The fourth-order valence-electron chi connectivity index (χ4n) is 2.20. The number of hydrogen-bond donors (Lipinski definition) is 1. The van der Waals surface area contributed by atoms with Crippen molar-refractivity contribution in [2.45, 2.75) is 26.3 Å². The maximum absolute atomic E-state index is 5.22. The molecule has 1 aromatic heterocycles. The van der Waals surface area contributed by atoms with E-state index in [1.54, 1.807) is 7.11 Å². The molecule has 0 radical (unpaired) electrons. The average molecular weight is 270 g/mol. The Morgan fingerprint density at radius 2 is 1.95 bits per heavy atom. The molecular weight excluding hydrogens is 248 g/mol. The Labute approximate surface area is 121 Å².